The van der Waals surface area contributed by atoms with Gasteiger partial charge in [0, 0.05) is 12.2 Å². The molecule has 2 N–H and O–H groups in total. The molecular formula is C33H44LiNO4S. The Morgan fingerprint density at radius 1 is 1.07 bits per heavy atom. The SMILES string of the molecule is CSCC[C@H](NC(=O)c1ccc(COCCCC23CC4CC(CC(C4)C2)C3)cc1-c1ccccc1C)C(=O)O.[H-].[Li+]. The zero-order valence-electron chi connectivity index (χ0n) is 25.4. The van der Waals surface area contributed by atoms with Gasteiger partial charge in [-0.05, 0) is 134 Å². The van der Waals surface area contributed by atoms with Crippen LogP contribution in [0.2, 0.25) is 0 Å². The van der Waals surface area contributed by atoms with Crippen LogP contribution in [0.3, 0.4) is 0 Å². The monoisotopic (exact) mass is 557 g/mol. The molecule has 4 saturated carbocycles. The number of carbonyl (C=O) groups is 2. The largest absolute Gasteiger partial charge is 1.00 e. The van der Waals surface area contributed by atoms with Crippen LogP contribution < -0.4 is 24.2 Å². The summed E-state index contributed by atoms with van der Waals surface area (Å²) >= 11 is 1.57. The van der Waals surface area contributed by atoms with Gasteiger partial charge in [-0.2, -0.15) is 11.8 Å². The first-order valence-corrected chi connectivity index (χ1v) is 16.0. The number of nitrogens with one attached hydrogen (secondary N) is 1. The first kappa shape index (κ1) is 31.2. The molecule has 5 nitrogen and oxygen atoms in total. The fraction of sp³-hybridized carbons (Fsp3) is 0.576. The number of carbonyl (C=O) groups excluding carboxylic acids is 1. The van der Waals surface area contributed by atoms with Gasteiger partial charge in [0.05, 0.1) is 6.61 Å². The average Bonchev–Trinajstić information content (AvgIpc) is 2.90. The number of ether oxygens (including phenoxy) is 1. The van der Waals surface area contributed by atoms with E-state index in [2.05, 4.69) is 5.32 Å². The third-order valence-electron chi connectivity index (χ3n) is 9.41. The van der Waals surface area contributed by atoms with Gasteiger partial charge in [-0.15, -0.1) is 0 Å². The Hall–Kier alpha value is -1.71. The van der Waals surface area contributed by atoms with E-state index in [-0.39, 0.29) is 26.2 Å². The van der Waals surface area contributed by atoms with Crippen LogP contribution in [0, 0.1) is 30.1 Å². The van der Waals surface area contributed by atoms with Gasteiger partial charge in [0.1, 0.15) is 6.04 Å². The van der Waals surface area contributed by atoms with Gasteiger partial charge in [-0.1, -0.05) is 30.3 Å². The molecule has 1 atom stereocenters. The zero-order chi connectivity index (χ0) is 27.4. The van der Waals surface area contributed by atoms with Crippen molar-refractivity contribution in [3.63, 3.8) is 0 Å². The van der Waals surface area contributed by atoms with Crippen LogP contribution in [0.25, 0.3) is 11.1 Å². The zero-order valence-corrected chi connectivity index (χ0v) is 25.2. The van der Waals surface area contributed by atoms with Crippen molar-refractivity contribution in [3.8, 4) is 11.1 Å². The van der Waals surface area contributed by atoms with E-state index < -0.39 is 12.0 Å². The number of carboxylic acids is 1. The summed E-state index contributed by atoms with van der Waals surface area (Å²) in [7, 11) is 0. The van der Waals surface area contributed by atoms with Crippen molar-refractivity contribution in [2.24, 2.45) is 23.2 Å². The average molecular weight is 558 g/mol. The second-order valence-corrected chi connectivity index (χ2v) is 13.4. The summed E-state index contributed by atoms with van der Waals surface area (Å²) in [4.78, 5) is 25.0. The van der Waals surface area contributed by atoms with E-state index >= 15 is 0 Å². The van der Waals surface area contributed by atoms with E-state index in [0.29, 0.717) is 29.8 Å². The number of benzene rings is 2. The van der Waals surface area contributed by atoms with Gasteiger partial charge in [-0.3, -0.25) is 4.79 Å². The van der Waals surface area contributed by atoms with Gasteiger partial charge >= 0.3 is 24.8 Å². The minimum atomic E-state index is -1.01. The van der Waals surface area contributed by atoms with Gasteiger partial charge in [0.15, 0.2) is 0 Å². The second kappa shape index (κ2) is 14.0. The van der Waals surface area contributed by atoms with Gasteiger partial charge in [-0.25, -0.2) is 4.79 Å². The summed E-state index contributed by atoms with van der Waals surface area (Å²) in [6.07, 6.45) is 13.5. The quantitative estimate of drug-likeness (QED) is 0.285. The number of hydrogen-bond donors (Lipinski definition) is 2. The van der Waals surface area contributed by atoms with Crippen LogP contribution in [0.15, 0.2) is 42.5 Å². The van der Waals surface area contributed by atoms with Crippen LogP contribution in [0.1, 0.15) is 80.7 Å². The number of carboxylic acid groups (broad SMARTS) is 1. The second-order valence-electron chi connectivity index (χ2n) is 12.4. The van der Waals surface area contributed by atoms with Crippen molar-refractivity contribution < 1.29 is 39.7 Å². The molecule has 2 aromatic carbocycles. The van der Waals surface area contributed by atoms with Gasteiger partial charge < -0.3 is 16.6 Å². The minimum absolute atomic E-state index is 0. The number of hydrogen-bond acceptors (Lipinski definition) is 4. The summed E-state index contributed by atoms with van der Waals surface area (Å²) in [6, 6.07) is 12.9. The minimum Gasteiger partial charge on any atom is -1.00 e. The summed E-state index contributed by atoms with van der Waals surface area (Å²) in [5.41, 5.74) is 4.96. The Kier molecular flexibility index (Phi) is 10.9. The van der Waals surface area contributed by atoms with Crippen LogP contribution in [-0.2, 0) is 16.1 Å². The molecule has 0 saturated heterocycles. The summed E-state index contributed by atoms with van der Waals surface area (Å²) in [5.74, 6) is 2.27. The van der Waals surface area contributed by atoms with E-state index in [1.165, 1.54) is 44.9 Å². The Labute approximate surface area is 257 Å². The maximum Gasteiger partial charge on any atom is 1.00 e. The number of aryl methyl sites for hydroxylation is 1. The third-order valence-corrected chi connectivity index (χ3v) is 10.1. The molecule has 4 aliphatic rings. The molecule has 0 radical (unpaired) electrons. The van der Waals surface area contributed by atoms with Crippen LogP contribution >= 0.6 is 11.8 Å². The summed E-state index contributed by atoms with van der Waals surface area (Å²) < 4.78 is 6.16. The molecular weight excluding hydrogens is 513 g/mol. The van der Waals surface area contributed by atoms with Crippen molar-refractivity contribution >= 4 is 23.6 Å². The van der Waals surface area contributed by atoms with Crippen molar-refractivity contribution in [2.75, 3.05) is 18.6 Å². The predicted molar refractivity (Wildman–Crippen MR) is 159 cm³/mol. The van der Waals surface area contributed by atoms with E-state index in [1.54, 1.807) is 11.8 Å². The van der Waals surface area contributed by atoms with Crippen LogP contribution in [0.4, 0.5) is 0 Å². The molecule has 0 spiro atoms. The molecule has 40 heavy (non-hydrogen) atoms. The van der Waals surface area contributed by atoms with Gasteiger partial charge in [0.25, 0.3) is 5.91 Å². The molecule has 4 aliphatic carbocycles. The first-order chi connectivity index (χ1) is 18.9. The Morgan fingerprint density at radius 2 is 1.75 bits per heavy atom. The maximum atomic E-state index is 13.3. The van der Waals surface area contributed by atoms with Crippen molar-refractivity contribution in [2.45, 2.75) is 77.4 Å². The molecule has 1 amide bonds. The van der Waals surface area contributed by atoms with E-state index in [1.807, 2.05) is 55.6 Å². The molecule has 212 valence electrons. The summed E-state index contributed by atoms with van der Waals surface area (Å²) in [5, 5.41) is 12.4. The first-order valence-electron chi connectivity index (χ1n) is 14.6. The van der Waals surface area contributed by atoms with E-state index in [4.69, 9.17) is 4.74 Å². The molecule has 2 aromatic rings. The molecule has 0 aliphatic heterocycles. The smallest absolute Gasteiger partial charge is 1.00 e. The normalized spacial score (nSPS) is 25.3. The molecule has 6 rings (SSSR count). The molecule has 0 heterocycles. The maximum absolute atomic E-state index is 13.3. The summed E-state index contributed by atoms with van der Waals surface area (Å²) in [6.45, 7) is 3.30. The standard InChI is InChI=1S/C33H43NO4S.Li.H/c1-22-6-3-4-7-27(22)29-17-23(8-9-28(29)31(35)34-30(32(36)37)10-13-39-2)21-38-12-5-11-33-18-24-14-25(19-33)16-26(15-24)20-33;;/h3-4,6-9,17,24-26,30H,5,10-16,18-21H2,1-2H3,(H,34,35)(H,36,37);;/q;+1;-1/t24?,25?,26?,30-,33?;;/m0../s1. The molecule has 7 heteroatoms. The predicted octanol–water partition coefficient (Wildman–Crippen LogP) is 4.23. The van der Waals surface area contributed by atoms with Gasteiger partial charge in [0.2, 0.25) is 0 Å². The van der Waals surface area contributed by atoms with E-state index in [9.17, 15) is 14.7 Å². The fourth-order valence-electron chi connectivity index (χ4n) is 8.04. The number of aliphatic carboxylic acids is 1. The molecule has 0 aromatic heterocycles. The topological polar surface area (TPSA) is 75.6 Å². The fourth-order valence-corrected chi connectivity index (χ4v) is 8.51. The van der Waals surface area contributed by atoms with Crippen molar-refractivity contribution in [1.29, 1.82) is 0 Å². The molecule has 4 fully saturated rings. The third kappa shape index (κ3) is 7.37. The van der Waals surface area contributed by atoms with Crippen LogP contribution in [-0.4, -0.2) is 41.6 Å². The van der Waals surface area contributed by atoms with Crippen LogP contribution in [0.5, 0.6) is 0 Å². The molecule has 4 bridgehead atoms. The number of rotatable bonds is 13. The Balaban J connectivity index is 0.00000231. The van der Waals surface area contributed by atoms with E-state index in [0.717, 1.165) is 53.0 Å². The Bertz CT molecular complexity index is 1160. The Morgan fingerprint density at radius 3 is 2.38 bits per heavy atom. The number of thioether (sulfide) groups is 1. The van der Waals surface area contributed by atoms with Crippen molar-refractivity contribution in [3.05, 3.63) is 59.2 Å². The number of amides is 1. The molecule has 0 unspecified atom stereocenters. The van der Waals surface area contributed by atoms with Crippen molar-refractivity contribution in [1.82, 2.24) is 5.32 Å².